The van der Waals surface area contributed by atoms with Gasteiger partial charge in [-0.25, -0.2) is 4.39 Å². The highest BCUT2D eigenvalue weighted by atomic mass is 19.1. The van der Waals surface area contributed by atoms with E-state index in [4.69, 9.17) is 66.3 Å². The lowest BCUT2D eigenvalue weighted by Gasteiger charge is -2.47. The highest BCUT2D eigenvalue weighted by Gasteiger charge is 2.61. The van der Waals surface area contributed by atoms with E-state index in [-0.39, 0.29) is 79.3 Å². The van der Waals surface area contributed by atoms with E-state index in [9.17, 15) is 9.90 Å². The SMILES string of the molecule is CC(=O)OC1C(OCc2ccccc2)[C@H](OCc2ccccc2)C(COCc2ccccc2)O[C@@H]1OC1C(COCc2ccccc2)[C@@H](OCc2ccccc2)C(OCc2ccccc2)C1[C@H](O)OC1C(OCc2ccccc2)[C@H](OCc2ccccc2)C(COCc2ccccc2)O[C@@H]1F. The van der Waals surface area contributed by atoms with Crippen molar-refractivity contribution >= 4 is 5.97 Å². The van der Waals surface area contributed by atoms with Gasteiger partial charge in [0.05, 0.1) is 104 Å². The van der Waals surface area contributed by atoms with Crippen LogP contribution in [0.2, 0.25) is 0 Å². The minimum Gasteiger partial charge on any atom is -0.454 e. The number of ether oxygens (including phenoxy) is 14. The molecule has 10 unspecified atom stereocenters. The van der Waals surface area contributed by atoms with Gasteiger partial charge in [0.25, 0.3) is 0 Å². The van der Waals surface area contributed by atoms with E-state index in [1.54, 1.807) is 0 Å². The summed E-state index contributed by atoms with van der Waals surface area (Å²) in [6.07, 6.45) is -18.5. The van der Waals surface area contributed by atoms with E-state index in [1.807, 2.05) is 273 Å². The molecule has 1 N–H and O–H groups in total. The number of halogens is 1. The van der Waals surface area contributed by atoms with Crippen LogP contribution in [0.5, 0.6) is 0 Å². The summed E-state index contributed by atoms with van der Waals surface area (Å²) < 4.78 is 115. The van der Waals surface area contributed by atoms with Gasteiger partial charge in [0, 0.05) is 12.8 Å². The molecule has 3 fully saturated rings. The first-order valence-electron chi connectivity index (χ1n) is 34.7. The zero-order valence-electron chi connectivity index (χ0n) is 56.7. The van der Waals surface area contributed by atoms with Crippen molar-refractivity contribution in [2.45, 2.75) is 152 Å². The molecule has 9 aromatic rings. The Kier molecular flexibility index (Phi) is 27.5. The van der Waals surface area contributed by atoms with Gasteiger partial charge >= 0.3 is 5.97 Å². The van der Waals surface area contributed by atoms with E-state index in [0.717, 1.165) is 50.1 Å². The highest BCUT2D eigenvalue weighted by molar-refractivity contribution is 5.66. The van der Waals surface area contributed by atoms with Crippen molar-refractivity contribution in [2.75, 3.05) is 19.8 Å². The molecule has 0 aromatic heterocycles. The van der Waals surface area contributed by atoms with Crippen LogP contribution in [-0.4, -0.2) is 117 Å². The van der Waals surface area contributed by atoms with Gasteiger partial charge in [-0.05, 0) is 50.1 Å². The summed E-state index contributed by atoms with van der Waals surface area (Å²) in [6, 6.07) is 87.0. The van der Waals surface area contributed by atoms with E-state index in [2.05, 4.69) is 0 Å². The monoisotopic (exact) mass is 1370 g/mol. The van der Waals surface area contributed by atoms with Gasteiger partial charge in [0.1, 0.15) is 42.7 Å². The van der Waals surface area contributed by atoms with Crippen LogP contribution in [0.3, 0.4) is 0 Å². The van der Waals surface area contributed by atoms with E-state index < -0.39 is 104 Å². The minimum atomic E-state index is -2.24. The molecule has 1 saturated carbocycles. The second kappa shape index (κ2) is 38.2. The van der Waals surface area contributed by atoms with Gasteiger partial charge in [-0.3, -0.25) is 4.79 Å². The van der Waals surface area contributed by atoms with Crippen molar-refractivity contribution in [1.82, 2.24) is 0 Å². The molecule has 0 amide bonds. The molecule has 528 valence electrons. The standard InChI is InChI=1S/C84H89FO16/c1-59(86)97-81-79(96-55-68-45-27-10-28-46-68)76(93-52-65-39-21-7-22-40-65)71(58-90-49-62-33-15-4-16-34-62)99-84(81)101-73-69(56-88-47-60-29-11-2-12-30-60)74(91-50-63-35-17-5-18-36-63)77(94-53-66-41-23-8-24-42-66)72(73)83(87)100-80-78(95-54-67-43-25-9-26-44-67)75(92-51-64-37-19-6-20-38-64)70(98-82(80)85)57-89-48-61-31-13-3-14-32-61/h2-46,69-84,87H,47-58H2,1H3/t69?,70?,71?,72?,73?,74-,75-,76-,77?,78?,79?,80?,81?,82+,83-,84-/m1/s1. The smallest absolute Gasteiger partial charge is 0.303 e. The Bertz CT molecular complexity index is 3770. The molecule has 12 rings (SSSR count). The fraction of sp³-hybridized carbons (Fsp3) is 0.345. The minimum absolute atomic E-state index is 0.00152. The summed E-state index contributed by atoms with van der Waals surface area (Å²) in [5, 5.41) is 13.8. The first-order valence-corrected chi connectivity index (χ1v) is 34.7. The Hall–Kier alpha value is -8.18. The van der Waals surface area contributed by atoms with Crippen LogP contribution < -0.4 is 0 Å². The Morgan fingerprint density at radius 2 is 0.634 bits per heavy atom. The van der Waals surface area contributed by atoms with E-state index in [1.165, 1.54) is 6.92 Å². The fourth-order valence-corrected chi connectivity index (χ4v) is 13.2. The molecule has 0 radical (unpaired) electrons. The molecular formula is C84H89FO16. The van der Waals surface area contributed by atoms with Crippen LogP contribution in [0.25, 0.3) is 0 Å². The van der Waals surface area contributed by atoms with Gasteiger partial charge in [-0.1, -0.05) is 273 Å². The van der Waals surface area contributed by atoms with Crippen molar-refractivity contribution in [3.05, 3.63) is 323 Å². The summed E-state index contributed by atoms with van der Waals surface area (Å²) in [5.41, 5.74) is 7.73. The van der Waals surface area contributed by atoms with E-state index in [0.29, 0.717) is 0 Å². The summed E-state index contributed by atoms with van der Waals surface area (Å²) in [4.78, 5) is 13.9. The Balaban J connectivity index is 0.966. The Morgan fingerprint density at radius 3 is 0.980 bits per heavy atom. The lowest BCUT2D eigenvalue weighted by Crippen LogP contribution is -2.63. The number of hydrogen-bond donors (Lipinski definition) is 1. The average molecular weight is 1370 g/mol. The van der Waals surface area contributed by atoms with Crippen LogP contribution in [0.1, 0.15) is 57.0 Å². The maximum Gasteiger partial charge on any atom is 0.303 e. The van der Waals surface area contributed by atoms with Gasteiger partial charge in [0.15, 0.2) is 18.7 Å². The number of alkyl halides is 1. The van der Waals surface area contributed by atoms with Crippen LogP contribution in [-0.2, 0) is 131 Å². The molecule has 16 atom stereocenters. The zero-order chi connectivity index (χ0) is 69.2. The quantitative estimate of drug-likeness (QED) is 0.0291. The molecule has 1 aliphatic carbocycles. The topological polar surface area (TPSA) is 167 Å². The fourth-order valence-electron chi connectivity index (χ4n) is 13.2. The molecule has 16 nitrogen and oxygen atoms in total. The van der Waals surface area contributed by atoms with Crippen molar-refractivity contribution in [1.29, 1.82) is 0 Å². The maximum atomic E-state index is 18.1. The third-order valence-corrected chi connectivity index (χ3v) is 18.2. The lowest BCUT2D eigenvalue weighted by molar-refractivity contribution is -0.348. The number of aliphatic hydroxyl groups excluding tert-OH is 1. The summed E-state index contributed by atoms with van der Waals surface area (Å²) >= 11 is 0. The van der Waals surface area contributed by atoms with Gasteiger partial charge in [-0.2, -0.15) is 0 Å². The maximum absolute atomic E-state index is 18.1. The van der Waals surface area contributed by atoms with Gasteiger partial charge < -0.3 is 71.4 Å². The predicted octanol–water partition coefficient (Wildman–Crippen LogP) is 13.8. The highest BCUT2D eigenvalue weighted by Crippen LogP contribution is 2.46. The van der Waals surface area contributed by atoms with Crippen LogP contribution in [0.15, 0.2) is 273 Å². The zero-order valence-corrected chi connectivity index (χ0v) is 56.7. The molecule has 0 bridgehead atoms. The first-order chi connectivity index (χ1) is 49.8. The molecular weight excluding hydrogens is 1280 g/mol. The normalized spacial score (nSPS) is 25.3. The molecule has 9 aromatic carbocycles. The van der Waals surface area contributed by atoms with Gasteiger partial charge in [-0.15, -0.1) is 0 Å². The van der Waals surface area contributed by atoms with Crippen molar-refractivity contribution in [3.8, 4) is 0 Å². The number of carbonyl (C=O) groups is 1. The number of benzene rings is 9. The molecule has 101 heavy (non-hydrogen) atoms. The number of hydrogen-bond acceptors (Lipinski definition) is 16. The van der Waals surface area contributed by atoms with Gasteiger partial charge in [0.2, 0.25) is 6.36 Å². The molecule has 2 saturated heterocycles. The van der Waals surface area contributed by atoms with Crippen molar-refractivity contribution in [2.24, 2.45) is 11.8 Å². The van der Waals surface area contributed by atoms with Crippen molar-refractivity contribution in [3.63, 3.8) is 0 Å². The summed E-state index contributed by atoms with van der Waals surface area (Å²) in [7, 11) is 0. The first kappa shape index (κ1) is 72.6. The third kappa shape index (κ3) is 21.0. The molecule has 2 aliphatic heterocycles. The molecule has 0 spiro atoms. The molecule has 3 aliphatic rings. The number of rotatable bonds is 36. The second-order valence-corrected chi connectivity index (χ2v) is 25.5. The molecule has 17 heteroatoms. The Morgan fingerprint density at radius 1 is 0.347 bits per heavy atom. The number of carbonyl (C=O) groups excluding carboxylic acids is 1. The molecule has 2 heterocycles. The third-order valence-electron chi connectivity index (χ3n) is 18.2. The van der Waals surface area contributed by atoms with Crippen molar-refractivity contribution < 1.29 is 80.6 Å². The lowest BCUT2D eigenvalue weighted by atomic mass is 9.95. The van der Waals surface area contributed by atoms with E-state index >= 15 is 4.39 Å². The summed E-state index contributed by atoms with van der Waals surface area (Å²) in [6.45, 7) is 2.10. The second-order valence-electron chi connectivity index (χ2n) is 25.5. The Labute approximate surface area is 591 Å². The number of aliphatic hydroxyl groups is 1. The van der Waals surface area contributed by atoms with Crippen LogP contribution >= 0.6 is 0 Å². The number of esters is 1. The van der Waals surface area contributed by atoms with Crippen LogP contribution in [0.4, 0.5) is 4.39 Å². The largest absolute Gasteiger partial charge is 0.454 e. The summed E-state index contributed by atoms with van der Waals surface area (Å²) in [5.74, 6) is -2.84. The predicted molar refractivity (Wildman–Crippen MR) is 375 cm³/mol. The van der Waals surface area contributed by atoms with Crippen LogP contribution in [0, 0.1) is 11.8 Å². The average Bonchev–Trinajstić information content (AvgIpc) is 1.64.